The summed E-state index contributed by atoms with van der Waals surface area (Å²) in [5.74, 6) is 0.833. The van der Waals surface area contributed by atoms with Crippen LogP contribution in [0, 0.1) is 5.92 Å². The van der Waals surface area contributed by atoms with Gasteiger partial charge in [-0.15, -0.1) is 0 Å². The van der Waals surface area contributed by atoms with E-state index in [1.807, 2.05) is 7.05 Å². The molecule has 0 heterocycles. The van der Waals surface area contributed by atoms with Gasteiger partial charge in [0.15, 0.2) is 0 Å². The molecule has 0 amide bonds. The van der Waals surface area contributed by atoms with E-state index >= 15 is 0 Å². The van der Waals surface area contributed by atoms with Crippen molar-refractivity contribution in [1.29, 1.82) is 0 Å². The van der Waals surface area contributed by atoms with E-state index in [4.69, 9.17) is 0 Å². The molecule has 1 aromatic carbocycles. The van der Waals surface area contributed by atoms with Crippen molar-refractivity contribution in [3.05, 3.63) is 35.9 Å². The van der Waals surface area contributed by atoms with Gasteiger partial charge in [-0.05, 0) is 36.9 Å². The summed E-state index contributed by atoms with van der Waals surface area (Å²) in [6.45, 7) is 3.51. The quantitative estimate of drug-likeness (QED) is 0.742. The molecule has 2 unspecified atom stereocenters. The van der Waals surface area contributed by atoms with Crippen LogP contribution in [0.5, 0.6) is 0 Å². The van der Waals surface area contributed by atoms with Crippen LogP contribution in [0.15, 0.2) is 30.3 Å². The average Bonchev–Trinajstić information content (AvgIpc) is 2.81. The van der Waals surface area contributed by atoms with E-state index in [9.17, 15) is 0 Å². The summed E-state index contributed by atoms with van der Waals surface area (Å²) in [5.41, 5.74) is 1.94. The predicted octanol–water partition coefficient (Wildman–Crippen LogP) is 2.18. The summed E-state index contributed by atoms with van der Waals surface area (Å²) in [6.07, 6.45) is 1.33. The Hall–Kier alpha value is -0.820. The number of hydrogen-bond acceptors (Lipinski definition) is 1. The van der Waals surface area contributed by atoms with Crippen molar-refractivity contribution in [3.8, 4) is 0 Å². The summed E-state index contributed by atoms with van der Waals surface area (Å²) >= 11 is 0. The summed E-state index contributed by atoms with van der Waals surface area (Å²) < 4.78 is 0. The van der Waals surface area contributed by atoms with Gasteiger partial charge in [0.1, 0.15) is 0 Å². The van der Waals surface area contributed by atoms with E-state index in [1.54, 1.807) is 0 Å². The third kappa shape index (κ3) is 1.49. The number of nitrogens with one attached hydrogen (secondary N) is 1. The van der Waals surface area contributed by atoms with Gasteiger partial charge in [-0.2, -0.15) is 0 Å². The second-order valence-corrected chi connectivity index (χ2v) is 4.24. The van der Waals surface area contributed by atoms with Crippen LogP contribution >= 0.6 is 0 Å². The molecule has 2 atom stereocenters. The monoisotopic (exact) mass is 175 g/mol. The molecule has 0 radical (unpaired) electrons. The van der Waals surface area contributed by atoms with Crippen LogP contribution in [0.3, 0.4) is 0 Å². The summed E-state index contributed by atoms with van der Waals surface area (Å²) in [4.78, 5) is 0. The zero-order valence-electron chi connectivity index (χ0n) is 8.38. The van der Waals surface area contributed by atoms with Crippen molar-refractivity contribution in [2.75, 3.05) is 13.6 Å². The van der Waals surface area contributed by atoms with Crippen molar-refractivity contribution < 1.29 is 0 Å². The van der Waals surface area contributed by atoms with E-state index < -0.39 is 0 Å². The summed E-state index contributed by atoms with van der Waals surface area (Å²) in [6, 6.07) is 10.8. The Labute approximate surface area is 80.2 Å². The van der Waals surface area contributed by atoms with Crippen molar-refractivity contribution in [1.82, 2.24) is 5.32 Å². The third-order valence-corrected chi connectivity index (χ3v) is 3.30. The Balaban J connectivity index is 2.11. The Morgan fingerprint density at radius 2 is 2.08 bits per heavy atom. The molecule has 2 rings (SSSR count). The maximum atomic E-state index is 3.25. The lowest BCUT2D eigenvalue weighted by molar-refractivity contribution is 0.617. The number of rotatable bonds is 3. The highest BCUT2D eigenvalue weighted by atomic mass is 14.8. The highest BCUT2D eigenvalue weighted by Crippen LogP contribution is 2.53. The van der Waals surface area contributed by atoms with Crippen LogP contribution in [0.4, 0.5) is 0 Å². The molecular weight excluding hydrogens is 158 g/mol. The Morgan fingerprint density at radius 1 is 1.38 bits per heavy atom. The predicted molar refractivity (Wildman–Crippen MR) is 55.8 cm³/mol. The highest BCUT2D eigenvalue weighted by molar-refractivity contribution is 5.32. The van der Waals surface area contributed by atoms with Crippen molar-refractivity contribution in [2.45, 2.75) is 18.8 Å². The Bertz CT molecular complexity index is 280. The first kappa shape index (κ1) is 8.76. The average molecular weight is 175 g/mol. The lowest BCUT2D eigenvalue weighted by atomic mass is 9.96. The maximum absolute atomic E-state index is 3.25. The molecule has 0 spiro atoms. The fourth-order valence-corrected chi connectivity index (χ4v) is 2.17. The van der Waals surface area contributed by atoms with Crippen LogP contribution in [0.25, 0.3) is 0 Å². The van der Waals surface area contributed by atoms with E-state index in [0.717, 1.165) is 12.5 Å². The molecule has 1 aliphatic carbocycles. The standard InChI is InChI=1S/C12H17N/c1-12(8-11(12)9-13-2)10-6-4-3-5-7-10/h3-7,11,13H,8-9H2,1-2H3. The van der Waals surface area contributed by atoms with E-state index in [2.05, 4.69) is 42.6 Å². The van der Waals surface area contributed by atoms with Crippen LogP contribution in [0.2, 0.25) is 0 Å². The molecule has 1 aliphatic rings. The van der Waals surface area contributed by atoms with Crippen molar-refractivity contribution >= 4 is 0 Å². The third-order valence-electron chi connectivity index (χ3n) is 3.30. The van der Waals surface area contributed by atoms with Gasteiger partial charge >= 0.3 is 0 Å². The SMILES string of the molecule is CNCC1CC1(C)c1ccccc1. The minimum atomic E-state index is 0.449. The molecule has 1 saturated carbocycles. The molecule has 1 N–H and O–H groups in total. The fraction of sp³-hybridized carbons (Fsp3) is 0.500. The number of hydrogen-bond donors (Lipinski definition) is 1. The second-order valence-electron chi connectivity index (χ2n) is 4.24. The van der Waals surface area contributed by atoms with Gasteiger partial charge in [-0.1, -0.05) is 37.3 Å². The molecule has 0 saturated heterocycles. The molecule has 1 fully saturated rings. The van der Waals surface area contributed by atoms with E-state index in [0.29, 0.717) is 5.41 Å². The smallest absolute Gasteiger partial charge is 0.00148 e. The Kier molecular flexibility index (Phi) is 2.12. The Morgan fingerprint density at radius 3 is 2.69 bits per heavy atom. The fourth-order valence-electron chi connectivity index (χ4n) is 2.17. The van der Waals surface area contributed by atoms with E-state index in [1.165, 1.54) is 12.0 Å². The molecule has 0 aliphatic heterocycles. The molecular formula is C12H17N. The van der Waals surface area contributed by atoms with Gasteiger partial charge in [0.2, 0.25) is 0 Å². The normalized spacial score (nSPS) is 31.7. The molecule has 0 bridgehead atoms. The molecule has 13 heavy (non-hydrogen) atoms. The first-order valence-corrected chi connectivity index (χ1v) is 4.97. The van der Waals surface area contributed by atoms with Gasteiger partial charge in [0.25, 0.3) is 0 Å². The van der Waals surface area contributed by atoms with Crippen LogP contribution < -0.4 is 5.32 Å². The molecule has 1 aromatic rings. The van der Waals surface area contributed by atoms with Crippen LogP contribution in [0.1, 0.15) is 18.9 Å². The zero-order valence-corrected chi connectivity index (χ0v) is 8.38. The molecule has 0 aromatic heterocycles. The molecule has 70 valence electrons. The van der Waals surface area contributed by atoms with Crippen LogP contribution in [-0.4, -0.2) is 13.6 Å². The second kappa shape index (κ2) is 3.15. The van der Waals surface area contributed by atoms with Crippen LogP contribution in [-0.2, 0) is 5.41 Å². The minimum absolute atomic E-state index is 0.449. The lowest BCUT2D eigenvalue weighted by Crippen LogP contribution is -2.15. The highest BCUT2D eigenvalue weighted by Gasteiger charge is 2.50. The van der Waals surface area contributed by atoms with Crippen molar-refractivity contribution in [2.24, 2.45) is 5.92 Å². The largest absolute Gasteiger partial charge is 0.319 e. The maximum Gasteiger partial charge on any atom is -0.00148 e. The van der Waals surface area contributed by atoms with Gasteiger partial charge in [0.05, 0.1) is 0 Å². The van der Waals surface area contributed by atoms with Gasteiger partial charge < -0.3 is 5.32 Å². The summed E-state index contributed by atoms with van der Waals surface area (Å²) in [7, 11) is 2.03. The van der Waals surface area contributed by atoms with Crippen molar-refractivity contribution in [3.63, 3.8) is 0 Å². The molecule has 1 heteroatoms. The topological polar surface area (TPSA) is 12.0 Å². The summed E-state index contributed by atoms with van der Waals surface area (Å²) in [5, 5.41) is 3.25. The minimum Gasteiger partial charge on any atom is -0.319 e. The number of benzene rings is 1. The van der Waals surface area contributed by atoms with Gasteiger partial charge in [-0.25, -0.2) is 0 Å². The van der Waals surface area contributed by atoms with Gasteiger partial charge in [-0.3, -0.25) is 0 Å². The van der Waals surface area contributed by atoms with Gasteiger partial charge in [0, 0.05) is 0 Å². The molecule has 1 nitrogen and oxygen atoms in total. The first-order chi connectivity index (χ1) is 6.27. The lowest BCUT2D eigenvalue weighted by Gasteiger charge is -2.11. The first-order valence-electron chi connectivity index (χ1n) is 4.97. The zero-order chi connectivity index (χ0) is 9.31. The van der Waals surface area contributed by atoms with E-state index in [-0.39, 0.29) is 0 Å².